The van der Waals surface area contributed by atoms with E-state index in [0.29, 0.717) is 18.0 Å². The maximum absolute atomic E-state index is 12.5. The zero-order valence-corrected chi connectivity index (χ0v) is 12.9. The monoisotopic (exact) mass is 297 g/mol. The Bertz CT molecular complexity index is 553. The van der Waals surface area contributed by atoms with Gasteiger partial charge in [0.05, 0.1) is 5.69 Å². The summed E-state index contributed by atoms with van der Waals surface area (Å²) in [7, 11) is -3.46. The summed E-state index contributed by atoms with van der Waals surface area (Å²) < 4.78 is 27.7. The van der Waals surface area contributed by atoms with Crippen LogP contribution in [0.1, 0.15) is 26.7 Å². The van der Waals surface area contributed by atoms with Crippen molar-refractivity contribution in [2.45, 2.75) is 43.7 Å². The Hall–Kier alpha value is -1.11. The average molecular weight is 297 g/mol. The summed E-state index contributed by atoms with van der Waals surface area (Å²) >= 11 is 0. The SMILES string of the molecule is CC(C)N(CCN)c1ccccc1S(=O)(=O)NC1CC1. The molecule has 5 nitrogen and oxygen atoms in total. The largest absolute Gasteiger partial charge is 0.367 e. The molecule has 0 bridgehead atoms. The molecule has 1 aliphatic carbocycles. The molecule has 1 saturated carbocycles. The maximum Gasteiger partial charge on any atom is 0.242 e. The number of sulfonamides is 1. The Morgan fingerprint density at radius 3 is 2.55 bits per heavy atom. The quantitative estimate of drug-likeness (QED) is 0.795. The maximum atomic E-state index is 12.5. The zero-order chi connectivity index (χ0) is 14.8. The Kier molecular flexibility index (Phi) is 4.67. The average Bonchev–Trinajstić information content (AvgIpc) is 3.19. The minimum absolute atomic E-state index is 0.107. The molecule has 0 atom stereocenters. The van der Waals surface area contributed by atoms with Gasteiger partial charge < -0.3 is 10.6 Å². The van der Waals surface area contributed by atoms with Crippen LogP contribution in [0, 0.1) is 0 Å². The number of anilines is 1. The second kappa shape index (κ2) is 6.11. The summed E-state index contributed by atoms with van der Waals surface area (Å²) in [6.45, 7) is 5.19. The van der Waals surface area contributed by atoms with E-state index in [1.54, 1.807) is 12.1 Å². The lowest BCUT2D eigenvalue weighted by atomic mass is 10.2. The van der Waals surface area contributed by atoms with E-state index < -0.39 is 10.0 Å². The van der Waals surface area contributed by atoms with Gasteiger partial charge in [-0.1, -0.05) is 12.1 Å². The second-order valence-electron chi connectivity index (χ2n) is 5.44. The van der Waals surface area contributed by atoms with Crippen LogP contribution in [0.25, 0.3) is 0 Å². The molecule has 0 saturated heterocycles. The van der Waals surface area contributed by atoms with Crippen molar-refractivity contribution in [2.75, 3.05) is 18.0 Å². The molecule has 20 heavy (non-hydrogen) atoms. The standard InChI is InChI=1S/C14H23N3O2S/c1-11(2)17(10-9-15)13-5-3-4-6-14(13)20(18,19)16-12-7-8-12/h3-6,11-12,16H,7-10,15H2,1-2H3. The van der Waals surface area contributed by atoms with Crippen molar-refractivity contribution in [1.82, 2.24) is 4.72 Å². The number of nitrogens with two attached hydrogens (primary N) is 1. The highest BCUT2D eigenvalue weighted by atomic mass is 32.2. The molecule has 0 aromatic heterocycles. The molecule has 0 unspecified atom stereocenters. The van der Waals surface area contributed by atoms with Crippen LogP contribution < -0.4 is 15.4 Å². The second-order valence-corrected chi connectivity index (χ2v) is 7.12. The van der Waals surface area contributed by atoms with Crippen LogP contribution in [-0.4, -0.2) is 33.6 Å². The number of para-hydroxylation sites is 1. The Balaban J connectivity index is 2.38. The summed E-state index contributed by atoms with van der Waals surface area (Å²) in [5, 5.41) is 0. The van der Waals surface area contributed by atoms with Gasteiger partial charge in [0.2, 0.25) is 10.0 Å². The first-order valence-corrected chi connectivity index (χ1v) is 8.52. The first-order valence-electron chi connectivity index (χ1n) is 7.04. The number of benzene rings is 1. The molecule has 0 spiro atoms. The van der Waals surface area contributed by atoms with Gasteiger partial charge in [-0.3, -0.25) is 0 Å². The zero-order valence-electron chi connectivity index (χ0n) is 12.0. The molecule has 3 N–H and O–H groups in total. The van der Waals surface area contributed by atoms with E-state index in [-0.39, 0.29) is 12.1 Å². The highest BCUT2D eigenvalue weighted by Crippen LogP contribution is 2.29. The van der Waals surface area contributed by atoms with Gasteiger partial charge in [0.15, 0.2) is 0 Å². The van der Waals surface area contributed by atoms with Crippen LogP contribution in [-0.2, 0) is 10.0 Å². The van der Waals surface area contributed by atoms with Crippen molar-refractivity contribution in [3.8, 4) is 0 Å². The van der Waals surface area contributed by atoms with Gasteiger partial charge >= 0.3 is 0 Å². The highest BCUT2D eigenvalue weighted by molar-refractivity contribution is 7.89. The third-order valence-corrected chi connectivity index (χ3v) is 4.92. The molecule has 6 heteroatoms. The lowest BCUT2D eigenvalue weighted by Gasteiger charge is -2.30. The van der Waals surface area contributed by atoms with E-state index in [4.69, 9.17) is 5.73 Å². The smallest absolute Gasteiger partial charge is 0.242 e. The first kappa shape index (κ1) is 15.3. The minimum Gasteiger partial charge on any atom is -0.367 e. The van der Waals surface area contributed by atoms with E-state index in [0.717, 1.165) is 18.5 Å². The summed E-state index contributed by atoms with van der Waals surface area (Å²) in [5.74, 6) is 0. The van der Waals surface area contributed by atoms with E-state index in [1.165, 1.54) is 0 Å². The first-order chi connectivity index (χ1) is 9.45. The lowest BCUT2D eigenvalue weighted by molar-refractivity contribution is 0.579. The van der Waals surface area contributed by atoms with Gasteiger partial charge in [0.1, 0.15) is 4.90 Å². The van der Waals surface area contributed by atoms with E-state index in [2.05, 4.69) is 4.72 Å². The molecule has 112 valence electrons. The van der Waals surface area contributed by atoms with Crippen LogP contribution in [0.3, 0.4) is 0 Å². The number of nitrogens with one attached hydrogen (secondary N) is 1. The topological polar surface area (TPSA) is 75.4 Å². The van der Waals surface area contributed by atoms with Crippen molar-refractivity contribution in [3.05, 3.63) is 24.3 Å². The molecule has 2 rings (SSSR count). The third kappa shape index (κ3) is 3.50. The molecule has 1 aliphatic rings. The van der Waals surface area contributed by atoms with E-state index in [9.17, 15) is 8.42 Å². The van der Waals surface area contributed by atoms with Crippen LogP contribution in [0.2, 0.25) is 0 Å². The molecule has 1 fully saturated rings. The molecule has 0 heterocycles. The number of rotatable bonds is 7. The predicted molar refractivity (Wildman–Crippen MR) is 81.3 cm³/mol. The van der Waals surface area contributed by atoms with Crippen LogP contribution in [0.15, 0.2) is 29.2 Å². The van der Waals surface area contributed by atoms with Crippen LogP contribution >= 0.6 is 0 Å². The summed E-state index contributed by atoms with van der Waals surface area (Å²) in [6.07, 6.45) is 1.86. The highest BCUT2D eigenvalue weighted by Gasteiger charge is 2.30. The minimum atomic E-state index is -3.46. The van der Waals surface area contributed by atoms with Crippen LogP contribution in [0.4, 0.5) is 5.69 Å². The van der Waals surface area contributed by atoms with E-state index in [1.807, 2.05) is 30.9 Å². The van der Waals surface area contributed by atoms with Gasteiger partial charge in [-0.15, -0.1) is 0 Å². The Morgan fingerprint density at radius 2 is 2.00 bits per heavy atom. The van der Waals surface area contributed by atoms with Crippen LogP contribution in [0.5, 0.6) is 0 Å². The molecule has 1 aromatic carbocycles. The molecular formula is C14H23N3O2S. The Morgan fingerprint density at radius 1 is 1.35 bits per heavy atom. The van der Waals surface area contributed by atoms with Crippen molar-refractivity contribution >= 4 is 15.7 Å². The van der Waals surface area contributed by atoms with Crippen molar-refractivity contribution in [1.29, 1.82) is 0 Å². The Labute approximate surface area is 121 Å². The predicted octanol–water partition coefficient (Wildman–Crippen LogP) is 1.30. The third-order valence-electron chi connectivity index (χ3n) is 3.36. The van der Waals surface area contributed by atoms with Gasteiger partial charge in [-0.2, -0.15) is 0 Å². The molecule has 0 radical (unpaired) electrons. The molecule has 0 amide bonds. The fraction of sp³-hybridized carbons (Fsp3) is 0.571. The number of hydrogen-bond acceptors (Lipinski definition) is 4. The van der Waals surface area contributed by atoms with E-state index >= 15 is 0 Å². The summed E-state index contributed by atoms with van der Waals surface area (Å²) in [4.78, 5) is 2.37. The lowest BCUT2D eigenvalue weighted by Crippen LogP contribution is -2.37. The number of hydrogen-bond donors (Lipinski definition) is 2. The summed E-state index contributed by atoms with van der Waals surface area (Å²) in [6, 6.07) is 7.41. The van der Waals surface area contributed by atoms with Crippen molar-refractivity contribution in [3.63, 3.8) is 0 Å². The van der Waals surface area contributed by atoms with Crippen molar-refractivity contribution in [2.24, 2.45) is 5.73 Å². The normalized spacial score (nSPS) is 15.6. The van der Waals surface area contributed by atoms with Gasteiger partial charge in [0.25, 0.3) is 0 Å². The fourth-order valence-electron chi connectivity index (χ4n) is 2.20. The fourth-order valence-corrected chi connectivity index (χ4v) is 3.72. The number of nitrogens with zero attached hydrogens (tertiary/aromatic N) is 1. The van der Waals surface area contributed by atoms with Gasteiger partial charge in [0, 0.05) is 25.2 Å². The summed E-state index contributed by atoms with van der Waals surface area (Å²) in [5.41, 5.74) is 6.37. The molecule has 0 aliphatic heterocycles. The van der Waals surface area contributed by atoms with Crippen molar-refractivity contribution < 1.29 is 8.42 Å². The van der Waals surface area contributed by atoms with Gasteiger partial charge in [-0.05, 0) is 38.8 Å². The molecular weight excluding hydrogens is 274 g/mol. The molecule has 1 aromatic rings. The van der Waals surface area contributed by atoms with Gasteiger partial charge in [-0.25, -0.2) is 13.1 Å².